The Kier molecular flexibility index (Phi) is 4.28. The molecule has 2 rings (SSSR count). The molecular formula is C18H37N3. The van der Waals surface area contributed by atoms with Crippen molar-refractivity contribution >= 4 is 0 Å². The molecule has 0 amide bonds. The molecule has 2 heterocycles. The van der Waals surface area contributed by atoms with Gasteiger partial charge >= 0.3 is 0 Å². The fraction of sp³-hybridized carbons (Fsp3) is 1.00. The quantitative estimate of drug-likeness (QED) is 0.732. The lowest BCUT2D eigenvalue weighted by atomic mass is 9.76. The Bertz CT molecular complexity index is 314. The predicted octanol–water partition coefficient (Wildman–Crippen LogP) is 3.19. The lowest BCUT2D eigenvalue weighted by molar-refractivity contribution is 0.103. The zero-order valence-electron chi connectivity index (χ0n) is 15.5. The summed E-state index contributed by atoms with van der Waals surface area (Å²) in [4.78, 5) is 0. The number of rotatable bonds is 2. The highest BCUT2D eigenvalue weighted by atomic mass is 15.1. The van der Waals surface area contributed by atoms with Crippen LogP contribution in [0.5, 0.6) is 0 Å². The maximum atomic E-state index is 4.00. The normalized spacial score (nSPS) is 32.0. The largest absolute Gasteiger partial charge is 0.311 e. The van der Waals surface area contributed by atoms with E-state index < -0.39 is 0 Å². The summed E-state index contributed by atoms with van der Waals surface area (Å²) < 4.78 is 0. The van der Waals surface area contributed by atoms with E-state index in [1.807, 2.05) is 0 Å². The molecular weight excluding hydrogens is 258 g/mol. The third-order valence-electron chi connectivity index (χ3n) is 4.85. The Hall–Kier alpha value is -0.120. The van der Waals surface area contributed by atoms with E-state index >= 15 is 0 Å². The molecule has 3 heteroatoms. The van der Waals surface area contributed by atoms with Crippen LogP contribution >= 0.6 is 0 Å². The van der Waals surface area contributed by atoms with Crippen molar-refractivity contribution in [3.05, 3.63) is 0 Å². The second-order valence-electron chi connectivity index (χ2n) is 10.2. The Morgan fingerprint density at radius 1 is 0.571 bits per heavy atom. The summed E-state index contributed by atoms with van der Waals surface area (Å²) in [6.45, 7) is 18.7. The zero-order valence-corrected chi connectivity index (χ0v) is 15.5. The van der Waals surface area contributed by atoms with Gasteiger partial charge in [0.1, 0.15) is 0 Å². The first-order valence-electron chi connectivity index (χ1n) is 8.62. The van der Waals surface area contributed by atoms with Crippen LogP contribution < -0.4 is 16.0 Å². The first-order chi connectivity index (χ1) is 9.28. The Labute approximate surface area is 132 Å². The minimum atomic E-state index is 0.220. The van der Waals surface area contributed by atoms with E-state index in [0.717, 1.165) is 0 Å². The fourth-order valence-electron chi connectivity index (χ4n) is 5.21. The highest BCUT2D eigenvalue weighted by molar-refractivity contribution is 5.04. The molecule has 0 radical (unpaired) electrons. The van der Waals surface area contributed by atoms with Gasteiger partial charge in [0, 0.05) is 34.2 Å². The van der Waals surface area contributed by atoms with Gasteiger partial charge in [0.15, 0.2) is 0 Å². The molecule has 2 aliphatic rings. The van der Waals surface area contributed by atoms with Gasteiger partial charge in [-0.05, 0) is 81.1 Å². The van der Waals surface area contributed by atoms with Crippen LogP contribution in [0.25, 0.3) is 0 Å². The Morgan fingerprint density at radius 2 is 0.810 bits per heavy atom. The van der Waals surface area contributed by atoms with Crippen LogP contribution in [-0.2, 0) is 0 Å². The third-order valence-corrected chi connectivity index (χ3v) is 4.85. The summed E-state index contributed by atoms with van der Waals surface area (Å²) in [5.74, 6) is 0. The topological polar surface area (TPSA) is 36.1 Å². The van der Waals surface area contributed by atoms with Crippen molar-refractivity contribution in [2.45, 2.75) is 115 Å². The first-order valence-corrected chi connectivity index (χ1v) is 8.62. The van der Waals surface area contributed by atoms with Crippen LogP contribution in [0.1, 0.15) is 81.1 Å². The number of piperidine rings is 2. The second-order valence-corrected chi connectivity index (χ2v) is 10.2. The van der Waals surface area contributed by atoms with Crippen LogP contribution in [0.15, 0.2) is 0 Å². The van der Waals surface area contributed by atoms with Gasteiger partial charge in [-0.3, -0.25) is 0 Å². The molecule has 0 saturated carbocycles. The lowest BCUT2D eigenvalue weighted by Crippen LogP contribution is -2.66. The molecule has 2 fully saturated rings. The van der Waals surface area contributed by atoms with E-state index in [9.17, 15) is 0 Å². The van der Waals surface area contributed by atoms with E-state index in [1.54, 1.807) is 0 Å². The van der Waals surface area contributed by atoms with Crippen molar-refractivity contribution in [2.24, 2.45) is 0 Å². The van der Waals surface area contributed by atoms with E-state index in [1.165, 1.54) is 25.7 Å². The van der Waals surface area contributed by atoms with Crippen molar-refractivity contribution in [3.63, 3.8) is 0 Å². The van der Waals surface area contributed by atoms with Crippen LogP contribution in [0.3, 0.4) is 0 Å². The molecule has 0 aromatic carbocycles. The SMILES string of the molecule is CC1(C)CC(NC2CC(C)(C)NC(C)(C)C2)CC(C)(C)N1. The summed E-state index contributed by atoms with van der Waals surface area (Å²) in [5.41, 5.74) is 0.878. The van der Waals surface area contributed by atoms with Crippen molar-refractivity contribution in [1.82, 2.24) is 16.0 Å². The number of hydrogen-bond acceptors (Lipinski definition) is 3. The van der Waals surface area contributed by atoms with Gasteiger partial charge in [-0.1, -0.05) is 0 Å². The molecule has 0 aromatic heterocycles. The predicted molar refractivity (Wildman–Crippen MR) is 91.8 cm³/mol. The Balaban J connectivity index is 2.03. The van der Waals surface area contributed by atoms with Crippen LogP contribution in [0.4, 0.5) is 0 Å². The van der Waals surface area contributed by atoms with Crippen LogP contribution in [0.2, 0.25) is 0 Å². The molecule has 124 valence electrons. The molecule has 2 saturated heterocycles. The van der Waals surface area contributed by atoms with Crippen molar-refractivity contribution in [1.29, 1.82) is 0 Å². The molecule has 21 heavy (non-hydrogen) atoms. The summed E-state index contributed by atoms with van der Waals surface area (Å²) >= 11 is 0. The average molecular weight is 296 g/mol. The van der Waals surface area contributed by atoms with E-state index in [4.69, 9.17) is 0 Å². The van der Waals surface area contributed by atoms with Gasteiger partial charge in [-0.25, -0.2) is 0 Å². The molecule has 0 spiro atoms. The van der Waals surface area contributed by atoms with Crippen molar-refractivity contribution in [2.75, 3.05) is 0 Å². The van der Waals surface area contributed by atoms with Gasteiger partial charge in [-0.2, -0.15) is 0 Å². The minimum Gasteiger partial charge on any atom is -0.311 e. The maximum Gasteiger partial charge on any atom is 0.0144 e. The standard InChI is InChI=1S/C18H37N3/c1-15(2)9-13(10-16(3,4)20-15)19-14-11-17(5,6)21-18(7,8)12-14/h13-14,19-21H,9-12H2,1-8H3. The molecule has 0 bridgehead atoms. The summed E-state index contributed by atoms with van der Waals surface area (Å²) in [6.07, 6.45) is 4.84. The summed E-state index contributed by atoms with van der Waals surface area (Å²) in [7, 11) is 0. The van der Waals surface area contributed by atoms with E-state index in [-0.39, 0.29) is 22.2 Å². The van der Waals surface area contributed by atoms with Crippen molar-refractivity contribution < 1.29 is 0 Å². The maximum absolute atomic E-state index is 4.00. The number of hydrogen-bond donors (Lipinski definition) is 3. The van der Waals surface area contributed by atoms with Gasteiger partial charge in [0.25, 0.3) is 0 Å². The molecule has 0 unspecified atom stereocenters. The van der Waals surface area contributed by atoms with E-state index in [2.05, 4.69) is 71.3 Å². The average Bonchev–Trinajstić information content (AvgIpc) is 2.04. The van der Waals surface area contributed by atoms with E-state index in [0.29, 0.717) is 12.1 Å². The lowest BCUT2D eigenvalue weighted by Gasteiger charge is -2.51. The molecule has 0 aliphatic carbocycles. The molecule has 0 aromatic rings. The first kappa shape index (κ1) is 17.2. The van der Waals surface area contributed by atoms with Crippen LogP contribution in [0, 0.1) is 0 Å². The Morgan fingerprint density at radius 3 is 1.05 bits per heavy atom. The smallest absolute Gasteiger partial charge is 0.0144 e. The minimum absolute atomic E-state index is 0.220. The van der Waals surface area contributed by atoms with Gasteiger partial charge < -0.3 is 16.0 Å². The van der Waals surface area contributed by atoms with Gasteiger partial charge in [0.2, 0.25) is 0 Å². The molecule has 2 aliphatic heterocycles. The second kappa shape index (κ2) is 5.21. The fourth-order valence-corrected chi connectivity index (χ4v) is 5.21. The van der Waals surface area contributed by atoms with Crippen molar-refractivity contribution in [3.8, 4) is 0 Å². The van der Waals surface area contributed by atoms with Gasteiger partial charge in [0.05, 0.1) is 0 Å². The summed E-state index contributed by atoms with van der Waals surface area (Å²) in [6, 6.07) is 1.23. The molecule has 3 nitrogen and oxygen atoms in total. The molecule has 0 atom stereocenters. The highest BCUT2D eigenvalue weighted by Gasteiger charge is 2.41. The van der Waals surface area contributed by atoms with Gasteiger partial charge in [-0.15, -0.1) is 0 Å². The van der Waals surface area contributed by atoms with Crippen LogP contribution in [-0.4, -0.2) is 34.2 Å². The zero-order chi connectivity index (χ0) is 16.1. The monoisotopic (exact) mass is 295 g/mol. The third kappa shape index (κ3) is 4.94. The molecule has 3 N–H and O–H groups in total. The summed E-state index contributed by atoms with van der Waals surface area (Å²) in [5, 5.41) is 11.6. The highest BCUT2D eigenvalue weighted by Crippen LogP contribution is 2.32. The number of nitrogens with one attached hydrogen (secondary N) is 3.